The number of nitrogens with two attached hydrogens (primary N) is 1. The second-order valence-corrected chi connectivity index (χ2v) is 6.51. The van der Waals surface area contributed by atoms with Crippen LogP contribution in [0, 0.1) is 0 Å². The van der Waals surface area contributed by atoms with Crippen molar-refractivity contribution in [1.29, 1.82) is 0 Å². The minimum atomic E-state index is -0.0341. The molecule has 4 nitrogen and oxygen atoms in total. The van der Waals surface area contributed by atoms with Crippen molar-refractivity contribution in [3.8, 4) is 0 Å². The van der Waals surface area contributed by atoms with Crippen molar-refractivity contribution >= 4 is 17.5 Å². The van der Waals surface area contributed by atoms with E-state index < -0.39 is 0 Å². The molecule has 1 aromatic heterocycles. The first-order valence-corrected chi connectivity index (χ1v) is 9.03. The van der Waals surface area contributed by atoms with Gasteiger partial charge in [-0.25, -0.2) is 0 Å². The summed E-state index contributed by atoms with van der Waals surface area (Å²) in [6.07, 6.45) is 2.44. The van der Waals surface area contributed by atoms with Crippen molar-refractivity contribution in [2.75, 3.05) is 13.1 Å². The first-order chi connectivity index (χ1) is 12.7. The quantitative estimate of drug-likeness (QED) is 0.641. The third-order valence-corrected chi connectivity index (χ3v) is 4.45. The minimum absolute atomic E-state index is 0.00597. The Kier molecular flexibility index (Phi) is 6.47. The van der Waals surface area contributed by atoms with Gasteiger partial charge in [-0.3, -0.25) is 4.79 Å². The van der Waals surface area contributed by atoms with Crippen LogP contribution in [0.1, 0.15) is 22.9 Å². The summed E-state index contributed by atoms with van der Waals surface area (Å²) < 4.78 is 5.56. The van der Waals surface area contributed by atoms with Gasteiger partial charge in [0, 0.05) is 17.1 Å². The van der Waals surface area contributed by atoms with Gasteiger partial charge in [-0.15, -0.1) is 0 Å². The molecule has 0 spiro atoms. The summed E-state index contributed by atoms with van der Waals surface area (Å²) >= 11 is 5.88. The summed E-state index contributed by atoms with van der Waals surface area (Å²) in [5.41, 5.74) is 2.26. The Bertz CT molecular complexity index is 802. The lowest BCUT2D eigenvalue weighted by molar-refractivity contribution is -0.678. The zero-order chi connectivity index (χ0) is 18.2. The Morgan fingerprint density at radius 2 is 1.81 bits per heavy atom. The van der Waals surface area contributed by atoms with Gasteiger partial charge in [-0.1, -0.05) is 54.1 Å². The van der Waals surface area contributed by atoms with Crippen molar-refractivity contribution in [1.82, 2.24) is 5.32 Å². The van der Waals surface area contributed by atoms with Crippen molar-refractivity contribution in [2.24, 2.45) is 0 Å². The number of halogens is 1. The number of furan rings is 1. The van der Waals surface area contributed by atoms with Gasteiger partial charge in [-0.05, 0) is 36.2 Å². The molecule has 0 aliphatic carbocycles. The number of amides is 1. The van der Waals surface area contributed by atoms with Crippen LogP contribution in [0.25, 0.3) is 0 Å². The Morgan fingerprint density at radius 1 is 1.04 bits per heavy atom. The Balaban J connectivity index is 1.50. The molecule has 1 atom stereocenters. The number of rotatable bonds is 8. The minimum Gasteiger partial charge on any atom is -0.463 e. The summed E-state index contributed by atoms with van der Waals surface area (Å²) in [5.74, 6) is 0.844. The van der Waals surface area contributed by atoms with Gasteiger partial charge in [0.15, 0.2) is 18.3 Å². The zero-order valence-electron chi connectivity index (χ0n) is 14.4. The van der Waals surface area contributed by atoms with Crippen LogP contribution in [-0.4, -0.2) is 19.0 Å². The van der Waals surface area contributed by atoms with Crippen LogP contribution in [0.4, 0.5) is 0 Å². The third-order valence-electron chi connectivity index (χ3n) is 4.20. The molecule has 0 aliphatic rings. The van der Waals surface area contributed by atoms with Gasteiger partial charge in [0.25, 0.3) is 5.91 Å². The van der Waals surface area contributed by atoms with Crippen LogP contribution < -0.4 is 10.6 Å². The predicted molar refractivity (Wildman–Crippen MR) is 102 cm³/mol. The number of nitrogens with one attached hydrogen (secondary N) is 1. The van der Waals surface area contributed by atoms with Crippen LogP contribution in [0.5, 0.6) is 0 Å². The Labute approximate surface area is 158 Å². The van der Waals surface area contributed by atoms with Gasteiger partial charge < -0.3 is 15.1 Å². The molecule has 1 heterocycles. The molecular weight excluding hydrogens is 348 g/mol. The number of carbonyl (C=O) groups is 1. The van der Waals surface area contributed by atoms with Gasteiger partial charge in [-0.2, -0.15) is 0 Å². The third kappa shape index (κ3) is 5.22. The van der Waals surface area contributed by atoms with Crippen LogP contribution in [0.3, 0.4) is 0 Å². The number of quaternary nitrogens is 1. The molecule has 0 bridgehead atoms. The standard InChI is InChI=1S/C21H21ClN2O2/c22-18-10-8-16(9-11-18)12-13-23-20(25)15-24-21(19-7-4-14-26-19)17-5-2-1-3-6-17/h1-11,14,21,24H,12-13,15H2,(H,23,25)/p+1/t21-/m0/s1. The number of hydrogen-bond acceptors (Lipinski definition) is 2. The van der Waals surface area contributed by atoms with Gasteiger partial charge >= 0.3 is 0 Å². The van der Waals surface area contributed by atoms with E-state index in [1.165, 1.54) is 0 Å². The first kappa shape index (κ1) is 18.2. The maximum absolute atomic E-state index is 12.2. The molecule has 0 fully saturated rings. The van der Waals surface area contributed by atoms with Crippen LogP contribution >= 0.6 is 11.6 Å². The van der Waals surface area contributed by atoms with E-state index >= 15 is 0 Å². The maximum Gasteiger partial charge on any atom is 0.275 e. The van der Waals surface area contributed by atoms with Crippen molar-refractivity contribution in [3.63, 3.8) is 0 Å². The maximum atomic E-state index is 12.2. The molecule has 0 radical (unpaired) electrons. The average Bonchev–Trinajstić information content (AvgIpc) is 3.19. The molecule has 0 unspecified atom stereocenters. The molecule has 0 saturated heterocycles. The fourth-order valence-corrected chi connectivity index (χ4v) is 2.97. The fourth-order valence-electron chi connectivity index (χ4n) is 2.84. The summed E-state index contributed by atoms with van der Waals surface area (Å²) in [4.78, 5) is 12.2. The molecule has 0 saturated carbocycles. The molecule has 3 rings (SSSR count). The SMILES string of the molecule is O=C(C[NH2+][C@@H](c1ccccc1)c1ccco1)NCCc1ccc(Cl)cc1. The lowest BCUT2D eigenvalue weighted by Gasteiger charge is -2.14. The van der Waals surface area contributed by atoms with E-state index in [-0.39, 0.29) is 11.9 Å². The molecular formula is C21H22ClN2O2+. The summed E-state index contributed by atoms with van der Waals surface area (Å²) in [7, 11) is 0. The number of carbonyl (C=O) groups excluding carboxylic acids is 1. The van der Waals surface area contributed by atoms with Crippen molar-refractivity contribution in [2.45, 2.75) is 12.5 Å². The molecule has 2 aromatic carbocycles. The lowest BCUT2D eigenvalue weighted by Crippen LogP contribution is -2.87. The van der Waals surface area contributed by atoms with Crippen LogP contribution in [0.15, 0.2) is 77.4 Å². The smallest absolute Gasteiger partial charge is 0.275 e. The van der Waals surface area contributed by atoms with Crippen LogP contribution in [0.2, 0.25) is 5.02 Å². The Hall–Kier alpha value is -2.56. The van der Waals surface area contributed by atoms with E-state index in [2.05, 4.69) is 5.32 Å². The largest absolute Gasteiger partial charge is 0.463 e. The molecule has 5 heteroatoms. The summed E-state index contributed by atoms with van der Waals surface area (Å²) in [6, 6.07) is 21.5. The van der Waals surface area contributed by atoms with E-state index in [0.717, 1.165) is 28.3 Å². The van der Waals surface area contributed by atoms with E-state index in [4.69, 9.17) is 16.0 Å². The molecule has 3 N–H and O–H groups in total. The molecule has 26 heavy (non-hydrogen) atoms. The number of benzene rings is 2. The second-order valence-electron chi connectivity index (χ2n) is 6.07. The second kappa shape index (κ2) is 9.22. The van der Waals surface area contributed by atoms with Gasteiger partial charge in [0.2, 0.25) is 0 Å². The highest BCUT2D eigenvalue weighted by Crippen LogP contribution is 2.18. The summed E-state index contributed by atoms with van der Waals surface area (Å²) in [6.45, 7) is 0.936. The Morgan fingerprint density at radius 3 is 2.50 bits per heavy atom. The van der Waals surface area contributed by atoms with Gasteiger partial charge in [0.1, 0.15) is 0 Å². The highest BCUT2D eigenvalue weighted by atomic mass is 35.5. The highest BCUT2D eigenvalue weighted by molar-refractivity contribution is 6.30. The molecule has 1 amide bonds. The van der Waals surface area contributed by atoms with Gasteiger partial charge in [0.05, 0.1) is 6.26 Å². The zero-order valence-corrected chi connectivity index (χ0v) is 15.2. The highest BCUT2D eigenvalue weighted by Gasteiger charge is 2.21. The first-order valence-electron chi connectivity index (χ1n) is 8.65. The molecule has 0 aliphatic heterocycles. The molecule has 3 aromatic rings. The van der Waals surface area contributed by atoms with E-state index in [1.54, 1.807) is 6.26 Å². The predicted octanol–water partition coefficient (Wildman–Crippen LogP) is 2.94. The van der Waals surface area contributed by atoms with Crippen molar-refractivity contribution in [3.05, 3.63) is 94.9 Å². The number of hydrogen-bond donors (Lipinski definition) is 2. The topological polar surface area (TPSA) is 58.9 Å². The normalized spacial score (nSPS) is 11.9. The fraction of sp³-hybridized carbons (Fsp3) is 0.190. The van der Waals surface area contributed by atoms with E-state index in [9.17, 15) is 4.79 Å². The van der Waals surface area contributed by atoms with Crippen LogP contribution in [-0.2, 0) is 11.2 Å². The van der Waals surface area contributed by atoms with E-state index in [1.807, 2.05) is 72.0 Å². The van der Waals surface area contributed by atoms with E-state index in [0.29, 0.717) is 13.1 Å². The summed E-state index contributed by atoms with van der Waals surface area (Å²) in [5, 5.41) is 5.68. The molecule has 134 valence electrons. The van der Waals surface area contributed by atoms with Crippen molar-refractivity contribution < 1.29 is 14.5 Å². The average molecular weight is 370 g/mol. The lowest BCUT2D eigenvalue weighted by atomic mass is 10.0. The monoisotopic (exact) mass is 369 g/mol.